The Morgan fingerprint density at radius 3 is 2.38 bits per heavy atom. The number of hydrogen-bond donors (Lipinski definition) is 1. The van der Waals surface area contributed by atoms with Gasteiger partial charge in [-0.2, -0.15) is 0 Å². The summed E-state index contributed by atoms with van der Waals surface area (Å²) in [6, 6.07) is 14.7. The number of carboxylic acid groups (broad SMARTS) is 1. The van der Waals surface area contributed by atoms with E-state index in [4.69, 9.17) is 0 Å². The number of halogens is 1. The van der Waals surface area contributed by atoms with Crippen molar-refractivity contribution in [3.8, 4) is 0 Å². The summed E-state index contributed by atoms with van der Waals surface area (Å²) in [6.45, 7) is 5.93. The normalized spacial score (nSPS) is 19.8. The average molecular weight is 469 g/mol. The summed E-state index contributed by atoms with van der Waals surface area (Å²) in [5.74, 6) is 0.0700. The van der Waals surface area contributed by atoms with Crippen molar-refractivity contribution < 1.29 is 19.1 Å². The van der Waals surface area contributed by atoms with Crippen molar-refractivity contribution in [1.29, 1.82) is 0 Å². The molecule has 1 atom stereocenters. The van der Waals surface area contributed by atoms with Crippen LogP contribution in [0.1, 0.15) is 36.8 Å². The minimum Gasteiger partial charge on any atom is -0.465 e. The van der Waals surface area contributed by atoms with Crippen molar-refractivity contribution in [2.75, 3.05) is 44.7 Å². The second-order valence-corrected chi connectivity index (χ2v) is 9.38. The van der Waals surface area contributed by atoms with Gasteiger partial charge in [-0.1, -0.05) is 24.3 Å². The highest BCUT2D eigenvalue weighted by Gasteiger charge is 2.28. The van der Waals surface area contributed by atoms with Gasteiger partial charge in [0.2, 0.25) is 0 Å². The molecule has 2 fully saturated rings. The fourth-order valence-corrected chi connectivity index (χ4v) is 5.03. The van der Waals surface area contributed by atoms with Gasteiger partial charge in [-0.3, -0.25) is 9.80 Å². The third-order valence-electron chi connectivity index (χ3n) is 7.06. The molecular formula is C26H33FN4O3. The molecule has 3 amide bonds. The van der Waals surface area contributed by atoms with Crippen LogP contribution in [0.5, 0.6) is 0 Å². The number of carbonyl (C=O) groups excluding carboxylic acids is 1. The second-order valence-electron chi connectivity index (χ2n) is 9.38. The first-order valence-electron chi connectivity index (χ1n) is 11.9. The number of piperazine rings is 1. The van der Waals surface area contributed by atoms with Crippen molar-refractivity contribution >= 4 is 17.8 Å². The van der Waals surface area contributed by atoms with Crippen LogP contribution in [0, 0.1) is 5.82 Å². The summed E-state index contributed by atoms with van der Waals surface area (Å²) in [4.78, 5) is 31.6. The molecular weight excluding hydrogens is 435 g/mol. The predicted octanol–water partition coefficient (Wildman–Crippen LogP) is 4.45. The van der Waals surface area contributed by atoms with E-state index in [0.29, 0.717) is 32.7 Å². The average Bonchev–Trinajstić information content (AvgIpc) is 2.83. The third-order valence-corrected chi connectivity index (χ3v) is 7.06. The molecule has 34 heavy (non-hydrogen) atoms. The summed E-state index contributed by atoms with van der Waals surface area (Å²) < 4.78 is 13.5. The molecule has 2 aromatic rings. The van der Waals surface area contributed by atoms with Crippen molar-refractivity contribution in [3.05, 3.63) is 65.5 Å². The Morgan fingerprint density at radius 2 is 1.76 bits per heavy atom. The van der Waals surface area contributed by atoms with Crippen LogP contribution in [-0.4, -0.2) is 77.7 Å². The Balaban J connectivity index is 1.29. The molecule has 1 N–H and O–H groups in total. The molecule has 0 aliphatic carbocycles. The van der Waals surface area contributed by atoms with Gasteiger partial charge in [-0.05, 0) is 61.1 Å². The first-order chi connectivity index (χ1) is 16.3. The first kappa shape index (κ1) is 24.0. The maximum Gasteiger partial charge on any atom is 0.407 e. The number of benzene rings is 2. The molecule has 182 valence electrons. The predicted molar refractivity (Wildman–Crippen MR) is 130 cm³/mol. The first-order valence-corrected chi connectivity index (χ1v) is 11.9. The van der Waals surface area contributed by atoms with E-state index >= 15 is 0 Å². The Morgan fingerprint density at radius 1 is 1.06 bits per heavy atom. The maximum atomic E-state index is 13.5. The summed E-state index contributed by atoms with van der Waals surface area (Å²) in [5.41, 5.74) is 2.98. The summed E-state index contributed by atoms with van der Waals surface area (Å²) >= 11 is 0. The highest BCUT2D eigenvalue weighted by atomic mass is 19.1. The van der Waals surface area contributed by atoms with Crippen LogP contribution in [0.2, 0.25) is 0 Å². The number of rotatable bonds is 4. The topological polar surface area (TPSA) is 67.3 Å². The number of likely N-dealkylation sites (tertiary alicyclic amines) is 1. The van der Waals surface area contributed by atoms with E-state index in [1.807, 2.05) is 42.2 Å². The lowest BCUT2D eigenvalue weighted by Crippen LogP contribution is -2.53. The van der Waals surface area contributed by atoms with Crippen molar-refractivity contribution in [3.63, 3.8) is 0 Å². The SMILES string of the molecule is C[C@H]1CN(Cc2ccc(N(C)C(=O)N3CCC(c4cccc(F)c4)CC3)cc2)CCN1C(=O)O. The highest BCUT2D eigenvalue weighted by molar-refractivity contribution is 5.91. The smallest absolute Gasteiger partial charge is 0.407 e. The van der Waals surface area contributed by atoms with Gasteiger partial charge >= 0.3 is 12.1 Å². The van der Waals surface area contributed by atoms with E-state index in [1.54, 1.807) is 24.1 Å². The Kier molecular flexibility index (Phi) is 7.36. The number of anilines is 1. The van der Waals surface area contributed by atoms with Crippen LogP contribution in [0.3, 0.4) is 0 Å². The molecule has 0 radical (unpaired) electrons. The van der Waals surface area contributed by atoms with Crippen LogP contribution in [-0.2, 0) is 6.54 Å². The molecule has 0 saturated carbocycles. The summed E-state index contributed by atoms with van der Waals surface area (Å²) in [6.07, 6.45) is 0.799. The van der Waals surface area contributed by atoms with E-state index in [0.717, 1.165) is 36.2 Å². The number of nitrogens with zero attached hydrogens (tertiary/aromatic N) is 4. The van der Waals surface area contributed by atoms with Crippen LogP contribution in [0.4, 0.5) is 19.7 Å². The molecule has 2 aliphatic heterocycles. The number of hydrogen-bond acceptors (Lipinski definition) is 3. The largest absolute Gasteiger partial charge is 0.465 e. The molecule has 0 aromatic heterocycles. The molecule has 0 spiro atoms. The molecule has 2 aromatic carbocycles. The lowest BCUT2D eigenvalue weighted by Gasteiger charge is -2.38. The van der Waals surface area contributed by atoms with Gasteiger partial charge < -0.3 is 14.9 Å². The maximum absolute atomic E-state index is 13.5. The van der Waals surface area contributed by atoms with Crippen LogP contribution < -0.4 is 4.90 Å². The van der Waals surface area contributed by atoms with Crippen LogP contribution in [0.25, 0.3) is 0 Å². The van der Waals surface area contributed by atoms with Gasteiger partial charge in [0.15, 0.2) is 0 Å². The monoisotopic (exact) mass is 468 g/mol. The summed E-state index contributed by atoms with van der Waals surface area (Å²) in [5, 5.41) is 9.24. The van der Waals surface area contributed by atoms with E-state index < -0.39 is 6.09 Å². The summed E-state index contributed by atoms with van der Waals surface area (Å²) in [7, 11) is 1.79. The lowest BCUT2D eigenvalue weighted by molar-refractivity contribution is 0.0711. The van der Waals surface area contributed by atoms with Gasteiger partial charge in [0.05, 0.1) is 0 Å². The quantitative estimate of drug-likeness (QED) is 0.720. The Bertz CT molecular complexity index is 1010. The zero-order valence-electron chi connectivity index (χ0n) is 19.9. The second kappa shape index (κ2) is 10.4. The van der Waals surface area contributed by atoms with Crippen molar-refractivity contribution in [2.24, 2.45) is 0 Å². The van der Waals surface area contributed by atoms with E-state index in [2.05, 4.69) is 4.90 Å². The molecule has 2 heterocycles. The molecule has 4 rings (SSSR count). The zero-order valence-corrected chi connectivity index (χ0v) is 19.9. The molecule has 2 aliphatic rings. The van der Waals surface area contributed by atoms with E-state index in [9.17, 15) is 19.1 Å². The molecule has 0 bridgehead atoms. The van der Waals surface area contributed by atoms with Crippen molar-refractivity contribution in [2.45, 2.75) is 38.3 Å². The van der Waals surface area contributed by atoms with E-state index in [-0.39, 0.29) is 23.8 Å². The van der Waals surface area contributed by atoms with Crippen molar-refractivity contribution in [1.82, 2.24) is 14.7 Å². The number of amides is 3. The molecule has 2 saturated heterocycles. The molecule has 7 nitrogen and oxygen atoms in total. The minimum atomic E-state index is -0.859. The number of piperidine rings is 1. The Labute approximate surface area is 200 Å². The standard InChI is InChI=1S/C26H33FN4O3/c1-19-17-29(14-15-31(19)26(33)34)18-20-6-8-24(9-7-20)28(2)25(32)30-12-10-21(11-13-30)22-4-3-5-23(27)16-22/h3-9,16,19,21H,10-15,17-18H2,1-2H3,(H,33,34)/t19-/m0/s1. The van der Waals surface area contributed by atoms with Gasteiger partial charge in [-0.15, -0.1) is 0 Å². The fraction of sp³-hybridized carbons (Fsp3) is 0.462. The number of urea groups is 1. The molecule has 8 heteroatoms. The van der Waals surface area contributed by atoms with Gasteiger partial charge in [-0.25, -0.2) is 14.0 Å². The fourth-order valence-electron chi connectivity index (χ4n) is 5.03. The lowest BCUT2D eigenvalue weighted by atomic mass is 9.89. The van der Waals surface area contributed by atoms with Gasteiger partial charge in [0.25, 0.3) is 0 Å². The van der Waals surface area contributed by atoms with Gasteiger partial charge in [0.1, 0.15) is 5.82 Å². The molecule has 0 unspecified atom stereocenters. The highest BCUT2D eigenvalue weighted by Crippen LogP contribution is 2.29. The Hall–Kier alpha value is -3.13. The van der Waals surface area contributed by atoms with Crippen LogP contribution in [0.15, 0.2) is 48.5 Å². The van der Waals surface area contributed by atoms with E-state index in [1.165, 1.54) is 11.0 Å². The minimum absolute atomic E-state index is 0.0240. The van der Waals surface area contributed by atoms with Gasteiger partial charge in [0, 0.05) is 58.0 Å². The number of carbonyl (C=O) groups is 2. The third kappa shape index (κ3) is 5.50. The van der Waals surface area contributed by atoms with Crippen LogP contribution >= 0.6 is 0 Å². The zero-order chi connectivity index (χ0) is 24.2.